The van der Waals surface area contributed by atoms with E-state index in [4.69, 9.17) is 9.47 Å². The van der Waals surface area contributed by atoms with Crippen LogP contribution in [0.4, 0.5) is 0 Å². The molecule has 1 saturated heterocycles. The summed E-state index contributed by atoms with van der Waals surface area (Å²) >= 11 is 0. The zero-order valence-electron chi connectivity index (χ0n) is 16.5. The van der Waals surface area contributed by atoms with Crippen LogP contribution in [-0.4, -0.2) is 25.3 Å². The van der Waals surface area contributed by atoms with Crippen molar-refractivity contribution >= 4 is 5.97 Å². The highest BCUT2D eigenvalue weighted by molar-refractivity contribution is 5.69. The molecule has 1 unspecified atom stereocenters. The van der Waals surface area contributed by atoms with E-state index in [0.717, 1.165) is 32.3 Å². The third-order valence-corrected chi connectivity index (χ3v) is 4.85. The third kappa shape index (κ3) is 14.1. The van der Waals surface area contributed by atoms with Gasteiger partial charge in [-0.15, -0.1) is 0 Å². The Kier molecular flexibility index (Phi) is 14.8. The maximum atomic E-state index is 11.7. The van der Waals surface area contributed by atoms with Gasteiger partial charge in [0.25, 0.3) is 0 Å². The minimum Gasteiger partial charge on any atom is -0.463 e. The van der Waals surface area contributed by atoms with Crippen molar-refractivity contribution < 1.29 is 14.3 Å². The van der Waals surface area contributed by atoms with Crippen molar-refractivity contribution in [3.05, 3.63) is 12.2 Å². The lowest BCUT2D eigenvalue weighted by atomic mass is 10.1. The van der Waals surface area contributed by atoms with Crippen molar-refractivity contribution in [3.8, 4) is 0 Å². The minimum atomic E-state index is -0.0554. The van der Waals surface area contributed by atoms with E-state index in [9.17, 15) is 4.79 Å². The molecular formula is C22H40O3. The molecule has 1 rings (SSSR count). The highest BCUT2D eigenvalue weighted by Crippen LogP contribution is 2.14. The van der Waals surface area contributed by atoms with Gasteiger partial charge in [-0.2, -0.15) is 0 Å². The standard InChI is InChI=1S/C22H40O3/c1-2-3-4-5-6-7-8-9-10-11-12-13-14-18-22(23)25-20-21-17-15-16-19-24-21/h7-8,21H,2-6,9-20H2,1H3/b8-7-. The number of rotatable bonds is 15. The molecule has 1 fully saturated rings. The van der Waals surface area contributed by atoms with E-state index in [1.807, 2.05) is 0 Å². The third-order valence-electron chi connectivity index (χ3n) is 4.85. The van der Waals surface area contributed by atoms with Crippen LogP contribution in [0.5, 0.6) is 0 Å². The van der Waals surface area contributed by atoms with Crippen LogP contribution < -0.4 is 0 Å². The van der Waals surface area contributed by atoms with E-state index in [1.54, 1.807) is 0 Å². The lowest BCUT2D eigenvalue weighted by molar-refractivity contribution is -0.149. The van der Waals surface area contributed by atoms with Crippen LogP contribution in [0.15, 0.2) is 12.2 Å². The van der Waals surface area contributed by atoms with Gasteiger partial charge in [-0.25, -0.2) is 0 Å². The first-order chi connectivity index (χ1) is 12.3. The molecule has 0 aromatic carbocycles. The number of carbonyl (C=O) groups is 1. The number of hydrogen-bond donors (Lipinski definition) is 0. The second-order valence-corrected chi connectivity index (χ2v) is 7.30. The molecular weight excluding hydrogens is 312 g/mol. The predicted molar refractivity (Wildman–Crippen MR) is 105 cm³/mol. The Morgan fingerprint density at radius 2 is 1.64 bits per heavy atom. The van der Waals surface area contributed by atoms with Gasteiger partial charge in [0, 0.05) is 13.0 Å². The SMILES string of the molecule is CCCCCC/C=C\CCCCCCCC(=O)OCC1CCCCO1. The van der Waals surface area contributed by atoms with Crippen LogP contribution in [-0.2, 0) is 14.3 Å². The molecule has 1 atom stereocenters. The number of allylic oxidation sites excluding steroid dienone is 2. The smallest absolute Gasteiger partial charge is 0.305 e. The summed E-state index contributed by atoms with van der Waals surface area (Å²) in [5.41, 5.74) is 0. The molecule has 0 aromatic heterocycles. The second kappa shape index (κ2) is 16.6. The summed E-state index contributed by atoms with van der Waals surface area (Å²) in [5.74, 6) is -0.0554. The predicted octanol–water partition coefficient (Wildman–Crippen LogP) is 6.36. The van der Waals surface area contributed by atoms with Gasteiger partial charge in [0.05, 0.1) is 6.10 Å². The minimum absolute atomic E-state index is 0.0554. The van der Waals surface area contributed by atoms with Gasteiger partial charge in [0.1, 0.15) is 6.61 Å². The fourth-order valence-corrected chi connectivity index (χ4v) is 3.18. The zero-order chi connectivity index (χ0) is 18.0. The largest absolute Gasteiger partial charge is 0.463 e. The molecule has 25 heavy (non-hydrogen) atoms. The average Bonchev–Trinajstić information content (AvgIpc) is 2.64. The van der Waals surface area contributed by atoms with Crippen LogP contribution in [0.1, 0.15) is 103 Å². The summed E-state index contributed by atoms with van der Waals surface area (Å²) in [5, 5.41) is 0. The fourth-order valence-electron chi connectivity index (χ4n) is 3.18. The summed E-state index contributed by atoms with van der Waals surface area (Å²) < 4.78 is 10.9. The first kappa shape index (κ1) is 22.2. The molecule has 3 nitrogen and oxygen atoms in total. The molecule has 1 aliphatic rings. The molecule has 0 saturated carbocycles. The number of esters is 1. The Bertz CT molecular complexity index is 332. The number of hydrogen-bond acceptors (Lipinski definition) is 3. The summed E-state index contributed by atoms with van der Waals surface area (Å²) in [6, 6.07) is 0. The zero-order valence-corrected chi connectivity index (χ0v) is 16.5. The normalized spacial score (nSPS) is 17.9. The Balaban J connectivity index is 1.80. The van der Waals surface area contributed by atoms with Crippen LogP contribution in [0.2, 0.25) is 0 Å². The van der Waals surface area contributed by atoms with E-state index in [1.165, 1.54) is 64.2 Å². The van der Waals surface area contributed by atoms with Gasteiger partial charge >= 0.3 is 5.97 Å². The first-order valence-corrected chi connectivity index (χ1v) is 10.7. The van der Waals surface area contributed by atoms with Crippen molar-refractivity contribution in [2.24, 2.45) is 0 Å². The fraction of sp³-hybridized carbons (Fsp3) is 0.864. The molecule has 1 heterocycles. The molecule has 0 aromatic rings. The van der Waals surface area contributed by atoms with Gasteiger partial charge < -0.3 is 9.47 Å². The molecule has 0 spiro atoms. The monoisotopic (exact) mass is 352 g/mol. The van der Waals surface area contributed by atoms with Crippen LogP contribution in [0, 0.1) is 0 Å². The van der Waals surface area contributed by atoms with Crippen molar-refractivity contribution in [2.75, 3.05) is 13.2 Å². The van der Waals surface area contributed by atoms with Crippen LogP contribution in [0.25, 0.3) is 0 Å². The van der Waals surface area contributed by atoms with Gasteiger partial charge in [0.15, 0.2) is 0 Å². The highest BCUT2D eigenvalue weighted by atomic mass is 16.6. The maximum Gasteiger partial charge on any atom is 0.305 e. The molecule has 146 valence electrons. The molecule has 0 aliphatic carbocycles. The van der Waals surface area contributed by atoms with E-state index in [2.05, 4.69) is 19.1 Å². The first-order valence-electron chi connectivity index (χ1n) is 10.7. The van der Waals surface area contributed by atoms with Crippen molar-refractivity contribution in [3.63, 3.8) is 0 Å². The van der Waals surface area contributed by atoms with E-state index >= 15 is 0 Å². The Hall–Kier alpha value is -0.830. The van der Waals surface area contributed by atoms with Crippen LogP contribution in [0.3, 0.4) is 0 Å². The van der Waals surface area contributed by atoms with Crippen molar-refractivity contribution in [1.82, 2.24) is 0 Å². The Morgan fingerprint density at radius 1 is 0.960 bits per heavy atom. The topological polar surface area (TPSA) is 35.5 Å². The summed E-state index contributed by atoms with van der Waals surface area (Å²) in [6.07, 6.45) is 22.5. The number of unbranched alkanes of at least 4 members (excludes halogenated alkanes) is 9. The molecule has 0 amide bonds. The quantitative estimate of drug-likeness (QED) is 0.195. The van der Waals surface area contributed by atoms with E-state index in [0.29, 0.717) is 13.0 Å². The molecule has 0 N–H and O–H groups in total. The van der Waals surface area contributed by atoms with Crippen LogP contribution >= 0.6 is 0 Å². The average molecular weight is 353 g/mol. The Labute approximate surface area is 155 Å². The highest BCUT2D eigenvalue weighted by Gasteiger charge is 2.15. The van der Waals surface area contributed by atoms with E-state index in [-0.39, 0.29) is 12.1 Å². The summed E-state index contributed by atoms with van der Waals surface area (Å²) in [4.78, 5) is 11.7. The van der Waals surface area contributed by atoms with Gasteiger partial charge in [-0.05, 0) is 51.4 Å². The lowest BCUT2D eigenvalue weighted by Crippen LogP contribution is -2.25. The summed E-state index contributed by atoms with van der Waals surface area (Å²) in [6.45, 7) is 3.52. The van der Waals surface area contributed by atoms with Gasteiger partial charge in [0.2, 0.25) is 0 Å². The number of ether oxygens (including phenoxy) is 2. The number of carbonyl (C=O) groups excluding carboxylic acids is 1. The van der Waals surface area contributed by atoms with Gasteiger partial charge in [-0.1, -0.05) is 57.6 Å². The molecule has 1 aliphatic heterocycles. The summed E-state index contributed by atoms with van der Waals surface area (Å²) in [7, 11) is 0. The molecule has 0 radical (unpaired) electrons. The lowest BCUT2D eigenvalue weighted by Gasteiger charge is -2.22. The molecule has 0 bridgehead atoms. The van der Waals surface area contributed by atoms with E-state index < -0.39 is 0 Å². The van der Waals surface area contributed by atoms with Crippen molar-refractivity contribution in [2.45, 2.75) is 109 Å². The van der Waals surface area contributed by atoms with Crippen molar-refractivity contribution in [1.29, 1.82) is 0 Å². The second-order valence-electron chi connectivity index (χ2n) is 7.30. The Morgan fingerprint density at radius 3 is 2.32 bits per heavy atom. The van der Waals surface area contributed by atoms with Gasteiger partial charge in [-0.3, -0.25) is 4.79 Å². The maximum absolute atomic E-state index is 11.7. The molecule has 3 heteroatoms.